The molecule has 1 heterocycles. The van der Waals surface area contributed by atoms with Crippen LogP contribution in [0.3, 0.4) is 0 Å². The Kier molecular flexibility index (Phi) is 2.74. The molecule has 0 aromatic carbocycles. The van der Waals surface area contributed by atoms with E-state index in [1.807, 2.05) is 44.3 Å². The minimum absolute atomic E-state index is 0.405. The Morgan fingerprint density at radius 2 is 2.31 bits per heavy atom. The van der Waals surface area contributed by atoms with E-state index in [4.69, 9.17) is 5.26 Å². The minimum atomic E-state index is -0.405. The Bertz CT molecular complexity index is 292. The molecule has 0 amide bonds. The lowest BCUT2D eigenvalue weighted by Crippen LogP contribution is -2.38. The number of aromatic nitrogens is 1. The van der Waals surface area contributed by atoms with Crippen molar-refractivity contribution < 1.29 is 0 Å². The normalized spacial score (nSPS) is 11.6. The van der Waals surface area contributed by atoms with Crippen molar-refractivity contribution >= 4 is 0 Å². The van der Waals surface area contributed by atoms with Crippen molar-refractivity contribution in [3.05, 3.63) is 24.0 Å². The number of nitriles is 1. The average molecular weight is 177 g/mol. The predicted molar refractivity (Wildman–Crippen MR) is 52.0 cm³/mol. The van der Waals surface area contributed by atoms with Gasteiger partial charge in [0.1, 0.15) is 5.54 Å². The fourth-order valence-electron chi connectivity index (χ4n) is 1.01. The third-order valence-electron chi connectivity index (χ3n) is 2.31. The lowest BCUT2D eigenvalue weighted by Gasteiger charge is -2.28. The van der Waals surface area contributed by atoms with Gasteiger partial charge >= 0.3 is 0 Å². The SMILES string of the molecule is CN(Cc1cc[nH]c1)C(C)(C)C#N. The summed E-state index contributed by atoms with van der Waals surface area (Å²) in [5.74, 6) is 0. The van der Waals surface area contributed by atoms with Gasteiger partial charge in [-0.25, -0.2) is 0 Å². The molecule has 13 heavy (non-hydrogen) atoms. The third-order valence-corrected chi connectivity index (χ3v) is 2.31. The summed E-state index contributed by atoms with van der Waals surface area (Å²) >= 11 is 0. The molecule has 1 aromatic rings. The summed E-state index contributed by atoms with van der Waals surface area (Å²) in [7, 11) is 1.95. The molecule has 3 heteroatoms. The number of aromatic amines is 1. The summed E-state index contributed by atoms with van der Waals surface area (Å²) in [5.41, 5.74) is 0.794. The first-order valence-corrected chi connectivity index (χ1v) is 4.30. The van der Waals surface area contributed by atoms with Gasteiger partial charge in [0.25, 0.3) is 0 Å². The Morgan fingerprint density at radius 1 is 1.62 bits per heavy atom. The van der Waals surface area contributed by atoms with Gasteiger partial charge in [-0.3, -0.25) is 4.90 Å². The lowest BCUT2D eigenvalue weighted by molar-refractivity contribution is 0.203. The fourth-order valence-corrected chi connectivity index (χ4v) is 1.01. The van der Waals surface area contributed by atoms with Crippen LogP contribution in [-0.4, -0.2) is 22.5 Å². The van der Waals surface area contributed by atoms with E-state index >= 15 is 0 Å². The number of nitrogens with zero attached hydrogens (tertiary/aromatic N) is 2. The highest BCUT2D eigenvalue weighted by atomic mass is 15.2. The standard InChI is InChI=1S/C10H15N3/c1-10(2,8-11)13(3)7-9-4-5-12-6-9/h4-6,12H,7H2,1-3H3. The lowest BCUT2D eigenvalue weighted by atomic mass is 10.1. The quantitative estimate of drug-likeness (QED) is 0.764. The molecule has 0 saturated heterocycles. The first-order valence-electron chi connectivity index (χ1n) is 4.30. The maximum Gasteiger partial charge on any atom is 0.103 e. The highest BCUT2D eigenvalue weighted by Crippen LogP contribution is 2.13. The Hall–Kier alpha value is -1.27. The van der Waals surface area contributed by atoms with E-state index in [9.17, 15) is 0 Å². The summed E-state index contributed by atoms with van der Waals surface area (Å²) in [4.78, 5) is 5.02. The van der Waals surface area contributed by atoms with Gasteiger partial charge in [0, 0.05) is 18.9 Å². The minimum Gasteiger partial charge on any atom is -0.367 e. The van der Waals surface area contributed by atoms with Crippen LogP contribution in [0.2, 0.25) is 0 Å². The molecule has 3 nitrogen and oxygen atoms in total. The zero-order chi connectivity index (χ0) is 9.90. The van der Waals surface area contributed by atoms with Gasteiger partial charge in [0.15, 0.2) is 0 Å². The molecule has 0 aliphatic rings. The molecule has 0 aliphatic carbocycles. The largest absolute Gasteiger partial charge is 0.367 e. The van der Waals surface area contributed by atoms with Crippen LogP contribution in [0.5, 0.6) is 0 Å². The molecule has 0 spiro atoms. The molecule has 0 atom stereocenters. The van der Waals surface area contributed by atoms with Crippen molar-refractivity contribution in [1.29, 1.82) is 5.26 Å². The van der Waals surface area contributed by atoms with Crippen molar-refractivity contribution in [2.45, 2.75) is 25.9 Å². The van der Waals surface area contributed by atoms with E-state index in [0.29, 0.717) is 0 Å². The van der Waals surface area contributed by atoms with E-state index in [1.165, 1.54) is 5.56 Å². The van der Waals surface area contributed by atoms with Gasteiger partial charge in [-0.15, -0.1) is 0 Å². The van der Waals surface area contributed by atoms with E-state index in [2.05, 4.69) is 11.1 Å². The highest BCUT2D eigenvalue weighted by Gasteiger charge is 2.22. The van der Waals surface area contributed by atoms with Crippen LogP contribution in [0.1, 0.15) is 19.4 Å². The molecule has 0 radical (unpaired) electrons. The summed E-state index contributed by atoms with van der Waals surface area (Å²) in [6, 6.07) is 4.29. The molecule has 0 unspecified atom stereocenters. The Morgan fingerprint density at radius 3 is 2.77 bits per heavy atom. The molecule has 0 fully saturated rings. The number of hydrogen-bond acceptors (Lipinski definition) is 2. The monoisotopic (exact) mass is 177 g/mol. The number of hydrogen-bond donors (Lipinski definition) is 1. The average Bonchev–Trinajstić information content (AvgIpc) is 2.57. The van der Waals surface area contributed by atoms with Gasteiger partial charge in [-0.1, -0.05) is 0 Å². The molecule has 0 aliphatic heterocycles. The van der Waals surface area contributed by atoms with Crippen molar-refractivity contribution in [3.63, 3.8) is 0 Å². The van der Waals surface area contributed by atoms with Crippen LogP contribution in [0.25, 0.3) is 0 Å². The summed E-state index contributed by atoms with van der Waals surface area (Å²) in [6.07, 6.45) is 3.84. The molecule has 1 rings (SSSR count). The topological polar surface area (TPSA) is 42.8 Å². The zero-order valence-corrected chi connectivity index (χ0v) is 8.33. The van der Waals surface area contributed by atoms with Crippen LogP contribution in [0, 0.1) is 11.3 Å². The van der Waals surface area contributed by atoms with Crippen molar-refractivity contribution in [3.8, 4) is 6.07 Å². The molecule has 1 N–H and O–H groups in total. The van der Waals surface area contributed by atoms with Crippen molar-refractivity contribution in [2.24, 2.45) is 0 Å². The van der Waals surface area contributed by atoms with E-state index in [0.717, 1.165) is 6.54 Å². The van der Waals surface area contributed by atoms with Crippen LogP contribution in [0.15, 0.2) is 18.5 Å². The maximum atomic E-state index is 8.89. The summed E-state index contributed by atoms with van der Waals surface area (Å²) < 4.78 is 0. The molecule has 1 aromatic heterocycles. The fraction of sp³-hybridized carbons (Fsp3) is 0.500. The van der Waals surface area contributed by atoms with Crippen molar-refractivity contribution in [2.75, 3.05) is 7.05 Å². The maximum absolute atomic E-state index is 8.89. The van der Waals surface area contributed by atoms with Gasteiger partial charge < -0.3 is 4.98 Å². The molecule has 0 bridgehead atoms. The summed E-state index contributed by atoms with van der Waals surface area (Å²) in [6.45, 7) is 4.63. The molecular formula is C10H15N3. The highest BCUT2D eigenvalue weighted by molar-refractivity contribution is 5.10. The molecule has 0 saturated carbocycles. The van der Waals surface area contributed by atoms with Gasteiger partial charge in [0.2, 0.25) is 0 Å². The first-order chi connectivity index (χ1) is 6.06. The van der Waals surface area contributed by atoms with Gasteiger partial charge in [0.05, 0.1) is 6.07 Å². The second kappa shape index (κ2) is 3.63. The zero-order valence-electron chi connectivity index (χ0n) is 8.33. The third kappa shape index (κ3) is 2.33. The van der Waals surface area contributed by atoms with Crippen molar-refractivity contribution in [1.82, 2.24) is 9.88 Å². The van der Waals surface area contributed by atoms with Crippen LogP contribution in [-0.2, 0) is 6.54 Å². The summed E-state index contributed by atoms with van der Waals surface area (Å²) in [5, 5.41) is 8.89. The number of H-pyrrole nitrogens is 1. The Labute approximate surface area is 79.0 Å². The molecule has 70 valence electrons. The van der Waals surface area contributed by atoms with Gasteiger partial charge in [-0.05, 0) is 32.5 Å². The number of nitrogens with one attached hydrogen (secondary N) is 1. The Balaban J connectivity index is 2.62. The van der Waals surface area contributed by atoms with E-state index in [1.54, 1.807) is 0 Å². The first kappa shape index (κ1) is 9.82. The van der Waals surface area contributed by atoms with Crippen LogP contribution >= 0.6 is 0 Å². The van der Waals surface area contributed by atoms with Gasteiger partial charge in [-0.2, -0.15) is 5.26 Å². The van der Waals surface area contributed by atoms with E-state index in [-0.39, 0.29) is 0 Å². The predicted octanol–water partition coefficient (Wildman–Crippen LogP) is 1.75. The van der Waals surface area contributed by atoms with E-state index < -0.39 is 5.54 Å². The second-order valence-corrected chi connectivity index (χ2v) is 3.75. The number of rotatable bonds is 3. The second-order valence-electron chi connectivity index (χ2n) is 3.75. The van der Waals surface area contributed by atoms with Crippen LogP contribution < -0.4 is 0 Å². The van der Waals surface area contributed by atoms with Crippen LogP contribution in [0.4, 0.5) is 0 Å². The molecular weight excluding hydrogens is 162 g/mol. The smallest absolute Gasteiger partial charge is 0.103 e.